The highest BCUT2D eigenvalue weighted by Crippen LogP contribution is 2.27. The van der Waals surface area contributed by atoms with Crippen molar-refractivity contribution >= 4 is 11.7 Å². The first kappa shape index (κ1) is 19.1. The van der Waals surface area contributed by atoms with Gasteiger partial charge in [-0.05, 0) is 49.1 Å². The lowest BCUT2D eigenvalue weighted by molar-refractivity contribution is 0.184. The second kappa shape index (κ2) is 8.37. The van der Waals surface area contributed by atoms with Gasteiger partial charge in [0, 0.05) is 24.3 Å². The first-order chi connectivity index (χ1) is 13.0. The monoisotopic (exact) mass is 374 g/mol. The van der Waals surface area contributed by atoms with E-state index in [1.807, 2.05) is 25.1 Å². The summed E-state index contributed by atoms with van der Waals surface area (Å²) < 4.78 is 31.9. The Morgan fingerprint density at radius 2 is 1.89 bits per heavy atom. The second-order valence-corrected chi connectivity index (χ2v) is 6.93. The van der Waals surface area contributed by atoms with Gasteiger partial charge in [0.2, 0.25) is 0 Å². The Kier molecular flexibility index (Phi) is 5.94. The van der Waals surface area contributed by atoms with Gasteiger partial charge in [0.15, 0.2) is 11.6 Å². The first-order valence-corrected chi connectivity index (χ1v) is 9.14. The summed E-state index contributed by atoms with van der Waals surface area (Å²) in [6.07, 6.45) is 4.06. The van der Waals surface area contributed by atoms with E-state index in [1.165, 1.54) is 6.07 Å². The topological polar surface area (TPSA) is 41.6 Å². The summed E-state index contributed by atoms with van der Waals surface area (Å²) in [4.78, 5) is 14.7. The van der Waals surface area contributed by atoms with Gasteiger partial charge in [-0.2, -0.15) is 0 Å². The number of amides is 2. The number of methoxy groups -OCH3 is 1. The van der Waals surface area contributed by atoms with E-state index in [1.54, 1.807) is 12.0 Å². The number of anilines is 1. The maximum atomic E-state index is 13.4. The standard InChI is InChI=1S/C21H24F2N2O2/c1-14-11-15(7-10-20(14)27-2)13-25(17-5-3-4-6-17)21(26)24-16-8-9-18(22)19(23)12-16/h7-12,17H,3-6,13H2,1-2H3,(H,24,26). The average Bonchev–Trinajstić information content (AvgIpc) is 3.17. The van der Waals surface area contributed by atoms with E-state index in [0.29, 0.717) is 6.54 Å². The minimum Gasteiger partial charge on any atom is -0.496 e. The molecule has 0 bridgehead atoms. The number of nitrogens with one attached hydrogen (secondary N) is 1. The molecule has 3 rings (SSSR count). The summed E-state index contributed by atoms with van der Waals surface area (Å²) in [5.41, 5.74) is 2.25. The van der Waals surface area contributed by atoms with Crippen molar-refractivity contribution in [3.63, 3.8) is 0 Å². The van der Waals surface area contributed by atoms with E-state index in [9.17, 15) is 13.6 Å². The molecule has 0 radical (unpaired) electrons. The van der Waals surface area contributed by atoms with Gasteiger partial charge in [0.25, 0.3) is 0 Å². The van der Waals surface area contributed by atoms with Gasteiger partial charge < -0.3 is 15.0 Å². The van der Waals surface area contributed by atoms with Crippen LogP contribution in [0.15, 0.2) is 36.4 Å². The molecule has 1 saturated carbocycles. The van der Waals surface area contributed by atoms with Crippen LogP contribution in [-0.4, -0.2) is 24.1 Å². The van der Waals surface area contributed by atoms with E-state index in [2.05, 4.69) is 5.32 Å². The molecule has 2 aromatic rings. The summed E-state index contributed by atoms with van der Waals surface area (Å²) in [5.74, 6) is -1.11. The Bertz CT molecular complexity index is 820. The third-order valence-electron chi connectivity index (χ3n) is 5.01. The molecule has 1 N–H and O–H groups in total. The number of hydrogen-bond donors (Lipinski definition) is 1. The zero-order chi connectivity index (χ0) is 19.4. The molecular weight excluding hydrogens is 350 g/mol. The molecule has 144 valence electrons. The fraction of sp³-hybridized carbons (Fsp3) is 0.381. The molecule has 0 unspecified atom stereocenters. The predicted molar refractivity (Wildman–Crippen MR) is 101 cm³/mol. The Morgan fingerprint density at radius 1 is 1.15 bits per heavy atom. The average molecular weight is 374 g/mol. The number of carbonyl (C=O) groups excluding carboxylic acids is 1. The van der Waals surface area contributed by atoms with Gasteiger partial charge in [-0.15, -0.1) is 0 Å². The fourth-order valence-corrected chi connectivity index (χ4v) is 3.59. The number of rotatable bonds is 5. The number of carbonyl (C=O) groups is 1. The smallest absolute Gasteiger partial charge is 0.322 e. The van der Waals surface area contributed by atoms with Gasteiger partial charge in [0.05, 0.1) is 7.11 Å². The van der Waals surface area contributed by atoms with Gasteiger partial charge in [0.1, 0.15) is 5.75 Å². The summed E-state index contributed by atoms with van der Waals surface area (Å²) in [6, 6.07) is 9.05. The molecule has 6 heteroatoms. The molecule has 1 fully saturated rings. The highest BCUT2D eigenvalue weighted by Gasteiger charge is 2.27. The van der Waals surface area contributed by atoms with Crippen molar-refractivity contribution < 1.29 is 18.3 Å². The first-order valence-electron chi connectivity index (χ1n) is 9.14. The SMILES string of the molecule is COc1ccc(CN(C(=O)Nc2ccc(F)c(F)c2)C2CCCC2)cc1C. The quantitative estimate of drug-likeness (QED) is 0.776. The number of nitrogens with zero attached hydrogens (tertiary/aromatic N) is 1. The Balaban J connectivity index is 1.79. The molecule has 0 aromatic heterocycles. The maximum Gasteiger partial charge on any atom is 0.322 e. The van der Waals surface area contributed by atoms with Crippen LogP contribution in [0.25, 0.3) is 0 Å². The van der Waals surface area contributed by atoms with Crippen molar-refractivity contribution in [1.29, 1.82) is 0 Å². The Morgan fingerprint density at radius 3 is 2.52 bits per heavy atom. The van der Waals surface area contributed by atoms with Crippen molar-refractivity contribution in [2.75, 3.05) is 12.4 Å². The highest BCUT2D eigenvalue weighted by atomic mass is 19.2. The van der Waals surface area contributed by atoms with Crippen molar-refractivity contribution in [3.05, 3.63) is 59.2 Å². The van der Waals surface area contributed by atoms with Crippen molar-refractivity contribution in [1.82, 2.24) is 4.90 Å². The van der Waals surface area contributed by atoms with E-state index in [0.717, 1.165) is 54.7 Å². The van der Waals surface area contributed by atoms with E-state index in [4.69, 9.17) is 4.74 Å². The van der Waals surface area contributed by atoms with Crippen LogP contribution < -0.4 is 10.1 Å². The molecule has 2 amide bonds. The lowest BCUT2D eigenvalue weighted by atomic mass is 10.1. The molecule has 0 atom stereocenters. The number of urea groups is 1. The molecule has 0 spiro atoms. The van der Waals surface area contributed by atoms with Crippen LogP contribution >= 0.6 is 0 Å². The van der Waals surface area contributed by atoms with Crippen molar-refractivity contribution in [2.24, 2.45) is 0 Å². The number of halogens is 2. The summed E-state index contributed by atoms with van der Waals surface area (Å²) in [5, 5.41) is 2.70. The zero-order valence-electron chi connectivity index (χ0n) is 15.6. The zero-order valence-corrected chi connectivity index (χ0v) is 15.6. The lowest BCUT2D eigenvalue weighted by Crippen LogP contribution is -2.41. The number of hydrogen-bond acceptors (Lipinski definition) is 2. The molecule has 0 aliphatic heterocycles. The number of benzene rings is 2. The van der Waals surface area contributed by atoms with E-state index >= 15 is 0 Å². The van der Waals surface area contributed by atoms with Gasteiger partial charge in [-0.25, -0.2) is 13.6 Å². The maximum absolute atomic E-state index is 13.4. The molecule has 0 saturated heterocycles. The lowest BCUT2D eigenvalue weighted by Gasteiger charge is -2.29. The van der Waals surface area contributed by atoms with Gasteiger partial charge in [-0.1, -0.05) is 25.0 Å². The number of ether oxygens (including phenoxy) is 1. The van der Waals surface area contributed by atoms with Crippen LogP contribution in [-0.2, 0) is 6.54 Å². The Hall–Kier alpha value is -2.63. The summed E-state index contributed by atoms with van der Waals surface area (Å²) in [6.45, 7) is 2.41. The minimum absolute atomic E-state index is 0.137. The van der Waals surface area contributed by atoms with Crippen molar-refractivity contribution in [2.45, 2.75) is 45.2 Å². The van der Waals surface area contributed by atoms with Crippen LogP contribution in [0, 0.1) is 18.6 Å². The van der Waals surface area contributed by atoms with E-state index < -0.39 is 11.6 Å². The summed E-state index contributed by atoms with van der Waals surface area (Å²) in [7, 11) is 1.63. The predicted octanol–water partition coefficient (Wildman–Crippen LogP) is 5.26. The van der Waals surface area contributed by atoms with Gasteiger partial charge >= 0.3 is 6.03 Å². The highest BCUT2D eigenvalue weighted by molar-refractivity contribution is 5.89. The molecular formula is C21H24F2N2O2. The van der Waals surface area contributed by atoms with Crippen LogP contribution in [0.5, 0.6) is 5.75 Å². The molecule has 2 aromatic carbocycles. The second-order valence-electron chi connectivity index (χ2n) is 6.93. The minimum atomic E-state index is -0.981. The fourth-order valence-electron chi connectivity index (χ4n) is 3.59. The molecule has 1 aliphatic rings. The van der Waals surface area contributed by atoms with Crippen LogP contribution in [0.1, 0.15) is 36.8 Å². The number of aryl methyl sites for hydroxylation is 1. The van der Waals surface area contributed by atoms with E-state index in [-0.39, 0.29) is 17.8 Å². The van der Waals surface area contributed by atoms with Gasteiger partial charge in [-0.3, -0.25) is 0 Å². The normalized spacial score (nSPS) is 14.2. The molecule has 4 nitrogen and oxygen atoms in total. The molecule has 1 aliphatic carbocycles. The van der Waals surface area contributed by atoms with Crippen LogP contribution in [0.2, 0.25) is 0 Å². The third kappa shape index (κ3) is 4.56. The third-order valence-corrected chi connectivity index (χ3v) is 5.01. The van der Waals surface area contributed by atoms with Crippen LogP contribution in [0.4, 0.5) is 19.3 Å². The van der Waals surface area contributed by atoms with Crippen molar-refractivity contribution in [3.8, 4) is 5.75 Å². The molecule has 0 heterocycles. The van der Waals surface area contributed by atoms with Crippen LogP contribution in [0.3, 0.4) is 0 Å². The Labute approximate surface area is 158 Å². The summed E-state index contributed by atoms with van der Waals surface area (Å²) >= 11 is 0. The largest absolute Gasteiger partial charge is 0.496 e. The molecule has 27 heavy (non-hydrogen) atoms.